The molecule has 3 rings (SSSR count). The molecule has 0 bridgehead atoms. The number of rotatable bonds is 3. The van der Waals surface area contributed by atoms with Crippen LogP contribution >= 0.6 is 11.6 Å². The van der Waals surface area contributed by atoms with Gasteiger partial charge in [-0.1, -0.05) is 23.7 Å². The topological polar surface area (TPSA) is 47.6 Å². The summed E-state index contributed by atoms with van der Waals surface area (Å²) in [6.07, 6.45) is 1.13. The molecule has 1 aliphatic heterocycles. The molecule has 0 saturated heterocycles. The fraction of sp³-hybridized carbons (Fsp3) is 0.235. The Labute approximate surface area is 134 Å². The minimum atomic E-state index is -0.100. The second-order valence-corrected chi connectivity index (χ2v) is 5.50. The van der Waals surface area contributed by atoms with Gasteiger partial charge in [-0.25, -0.2) is 0 Å². The van der Waals surface area contributed by atoms with Crippen LogP contribution in [0.5, 0.6) is 11.5 Å². The van der Waals surface area contributed by atoms with Crippen LogP contribution in [0, 0.1) is 0 Å². The van der Waals surface area contributed by atoms with Crippen molar-refractivity contribution >= 4 is 23.2 Å². The highest BCUT2D eigenvalue weighted by molar-refractivity contribution is 6.30. The Hall–Kier alpha value is -2.20. The lowest BCUT2D eigenvalue weighted by Gasteiger charge is -2.10. The van der Waals surface area contributed by atoms with Gasteiger partial charge in [0.25, 0.3) is 0 Å². The van der Waals surface area contributed by atoms with Gasteiger partial charge in [0, 0.05) is 23.2 Å². The molecule has 0 fully saturated rings. The summed E-state index contributed by atoms with van der Waals surface area (Å²) >= 11 is 5.92. The number of amides is 1. The van der Waals surface area contributed by atoms with Gasteiger partial charge in [-0.2, -0.15) is 0 Å². The molecular formula is C17H16ClNO3. The summed E-state index contributed by atoms with van der Waals surface area (Å²) in [7, 11) is 0. The minimum absolute atomic E-state index is 0.100. The summed E-state index contributed by atoms with van der Waals surface area (Å²) in [5.74, 6) is 1.28. The van der Waals surface area contributed by atoms with Gasteiger partial charge >= 0.3 is 0 Å². The number of anilines is 1. The number of carbonyl (C=O) groups is 1. The third-order valence-electron chi connectivity index (χ3n) is 3.28. The van der Waals surface area contributed by atoms with E-state index in [-0.39, 0.29) is 12.3 Å². The number of nitrogens with one attached hydrogen (secondary N) is 1. The molecule has 4 nitrogen and oxygen atoms in total. The first-order valence-electron chi connectivity index (χ1n) is 7.15. The molecule has 0 aliphatic carbocycles. The van der Waals surface area contributed by atoms with E-state index in [9.17, 15) is 4.79 Å². The van der Waals surface area contributed by atoms with E-state index in [0.29, 0.717) is 35.4 Å². The number of ether oxygens (including phenoxy) is 2. The average Bonchev–Trinajstić information content (AvgIpc) is 2.72. The van der Waals surface area contributed by atoms with Crippen LogP contribution in [-0.2, 0) is 11.2 Å². The molecule has 0 atom stereocenters. The normalized spacial score (nSPS) is 13.3. The summed E-state index contributed by atoms with van der Waals surface area (Å²) in [6.45, 7) is 1.26. The number of hydrogen-bond donors (Lipinski definition) is 1. The molecule has 1 amide bonds. The van der Waals surface area contributed by atoms with Gasteiger partial charge in [-0.05, 0) is 29.8 Å². The highest BCUT2D eigenvalue weighted by atomic mass is 35.5. The van der Waals surface area contributed by atoms with E-state index in [4.69, 9.17) is 21.1 Å². The first-order valence-corrected chi connectivity index (χ1v) is 7.52. The number of hydrogen-bond acceptors (Lipinski definition) is 3. The second kappa shape index (κ2) is 6.71. The van der Waals surface area contributed by atoms with E-state index >= 15 is 0 Å². The fourth-order valence-electron chi connectivity index (χ4n) is 2.28. The van der Waals surface area contributed by atoms with E-state index in [2.05, 4.69) is 5.32 Å². The van der Waals surface area contributed by atoms with Gasteiger partial charge in [0.2, 0.25) is 5.91 Å². The lowest BCUT2D eigenvalue weighted by molar-refractivity contribution is -0.115. The summed E-state index contributed by atoms with van der Waals surface area (Å²) in [4.78, 5) is 12.1. The first-order chi connectivity index (χ1) is 10.7. The van der Waals surface area contributed by atoms with Crippen LogP contribution in [0.15, 0.2) is 42.5 Å². The molecule has 2 aromatic carbocycles. The van der Waals surface area contributed by atoms with E-state index in [1.807, 2.05) is 24.3 Å². The van der Waals surface area contributed by atoms with Crippen LogP contribution < -0.4 is 14.8 Å². The Morgan fingerprint density at radius 1 is 1.09 bits per heavy atom. The molecule has 1 heterocycles. The Morgan fingerprint density at radius 2 is 1.91 bits per heavy atom. The zero-order chi connectivity index (χ0) is 15.4. The van der Waals surface area contributed by atoms with Crippen molar-refractivity contribution in [2.45, 2.75) is 12.8 Å². The molecule has 0 aromatic heterocycles. The third kappa shape index (κ3) is 3.71. The maximum Gasteiger partial charge on any atom is 0.228 e. The van der Waals surface area contributed by atoms with Crippen molar-refractivity contribution in [2.24, 2.45) is 0 Å². The maximum absolute atomic E-state index is 12.1. The van der Waals surface area contributed by atoms with Gasteiger partial charge in [-0.15, -0.1) is 0 Å². The van der Waals surface area contributed by atoms with Gasteiger partial charge in [0.15, 0.2) is 11.5 Å². The number of carbonyl (C=O) groups excluding carboxylic acids is 1. The standard InChI is InChI=1S/C17H16ClNO3/c18-13-4-1-3-12(9-13)10-17(20)19-14-5-6-15-16(11-14)22-8-2-7-21-15/h1,3-6,9,11H,2,7-8,10H2,(H,19,20). The minimum Gasteiger partial charge on any atom is -0.490 e. The predicted molar refractivity (Wildman–Crippen MR) is 85.8 cm³/mol. The summed E-state index contributed by atoms with van der Waals surface area (Å²) in [5, 5.41) is 3.49. The molecule has 2 aromatic rings. The zero-order valence-corrected chi connectivity index (χ0v) is 12.7. The smallest absolute Gasteiger partial charge is 0.228 e. The van der Waals surface area contributed by atoms with Gasteiger partial charge in [-0.3, -0.25) is 4.79 Å². The van der Waals surface area contributed by atoms with Gasteiger partial charge < -0.3 is 14.8 Å². The van der Waals surface area contributed by atoms with Crippen molar-refractivity contribution in [1.82, 2.24) is 0 Å². The fourth-order valence-corrected chi connectivity index (χ4v) is 2.49. The van der Waals surface area contributed by atoms with Gasteiger partial charge in [0.05, 0.1) is 19.6 Å². The van der Waals surface area contributed by atoms with Crippen molar-refractivity contribution in [1.29, 1.82) is 0 Å². The lowest BCUT2D eigenvalue weighted by Crippen LogP contribution is -2.14. The zero-order valence-electron chi connectivity index (χ0n) is 12.0. The Morgan fingerprint density at radius 3 is 2.73 bits per heavy atom. The highest BCUT2D eigenvalue weighted by Crippen LogP contribution is 2.32. The Kier molecular flexibility index (Phi) is 4.49. The summed E-state index contributed by atoms with van der Waals surface area (Å²) in [5.41, 5.74) is 1.57. The van der Waals surface area contributed by atoms with Crippen LogP contribution in [0.2, 0.25) is 5.02 Å². The molecule has 0 radical (unpaired) electrons. The summed E-state index contributed by atoms with van der Waals surface area (Å²) in [6, 6.07) is 12.7. The van der Waals surface area contributed by atoms with Crippen LogP contribution in [0.3, 0.4) is 0 Å². The molecule has 0 saturated carbocycles. The number of fused-ring (bicyclic) bond motifs is 1. The van der Waals surface area contributed by atoms with Crippen LogP contribution in [0.1, 0.15) is 12.0 Å². The Bertz CT molecular complexity index is 687. The van der Waals surface area contributed by atoms with Crippen molar-refractivity contribution in [2.75, 3.05) is 18.5 Å². The highest BCUT2D eigenvalue weighted by Gasteiger charge is 2.12. The van der Waals surface area contributed by atoms with Crippen molar-refractivity contribution in [3.05, 3.63) is 53.1 Å². The molecule has 0 unspecified atom stereocenters. The predicted octanol–water partition coefficient (Wildman–Crippen LogP) is 3.68. The van der Waals surface area contributed by atoms with Gasteiger partial charge in [0.1, 0.15) is 0 Å². The quantitative estimate of drug-likeness (QED) is 0.939. The molecule has 1 N–H and O–H groups in total. The van der Waals surface area contributed by atoms with E-state index in [1.165, 1.54) is 0 Å². The van der Waals surface area contributed by atoms with Crippen molar-refractivity contribution in [3.8, 4) is 11.5 Å². The third-order valence-corrected chi connectivity index (χ3v) is 3.52. The largest absolute Gasteiger partial charge is 0.490 e. The molecule has 0 spiro atoms. The van der Waals surface area contributed by atoms with Crippen LogP contribution in [0.4, 0.5) is 5.69 Å². The first kappa shape index (κ1) is 14.7. The molecule has 22 heavy (non-hydrogen) atoms. The van der Waals surface area contributed by atoms with E-state index in [1.54, 1.807) is 18.2 Å². The molecule has 1 aliphatic rings. The van der Waals surface area contributed by atoms with Crippen LogP contribution in [-0.4, -0.2) is 19.1 Å². The maximum atomic E-state index is 12.1. The SMILES string of the molecule is O=C(Cc1cccc(Cl)c1)Nc1ccc2c(c1)OCCCO2. The van der Waals surface area contributed by atoms with E-state index in [0.717, 1.165) is 12.0 Å². The second-order valence-electron chi connectivity index (χ2n) is 5.07. The summed E-state index contributed by atoms with van der Waals surface area (Å²) < 4.78 is 11.2. The monoisotopic (exact) mass is 317 g/mol. The molecular weight excluding hydrogens is 302 g/mol. The van der Waals surface area contributed by atoms with Crippen LogP contribution in [0.25, 0.3) is 0 Å². The molecule has 114 valence electrons. The number of halogens is 1. The van der Waals surface area contributed by atoms with E-state index < -0.39 is 0 Å². The Balaban J connectivity index is 1.67. The van der Waals surface area contributed by atoms with Crippen molar-refractivity contribution < 1.29 is 14.3 Å². The van der Waals surface area contributed by atoms with Crippen molar-refractivity contribution in [3.63, 3.8) is 0 Å². The molecule has 5 heteroatoms. The number of benzene rings is 2. The average molecular weight is 318 g/mol. The lowest BCUT2D eigenvalue weighted by atomic mass is 10.1.